The summed E-state index contributed by atoms with van der Waals surface area (Å²) < 4.78 is 0. The minimum atomic E-state index is 0.121. The number of fused-ring (bicyclic) bond motifs is 1. The standard InChI is InChI=1S/C17H15N3O/c1-11-3-2-4-12-5-10-15(21)17(16(11)12)20-19-14-8-6-13(18)7-9-14/h2-10,21H,18H2,1H3. The maximum atomic E-state index is 10.1. The van der Waals surface area contributed by atoms with Crippen LogP contribution in [0, 0.1) is 6.92 Å². The molecule has 0 bridgehead atoms. The first kappa shape index (κ1) is 13.1. The highest BCUT2D eigenvalue weighted by Gasteiger charge is 2.08. The number of aromatic hydroxyl groups is 1. The molecule has 0 saturated heterocycles. The number of rotatable bonds is 2. The number of phenols is 1. The van der Waals surface area contributed by atoms with Crippen LogP contribution in [0.15, 0.2) is 64.8 Å². The summed E-state index contributed by atoms with van der Waals surface area (Å²) in [5.74, 6) is 0.121. The third-order valence-electron chi connectivity index (χ3n) is 3.36. The highest BCUT2D eigenvalue weighted by atomic mass is 16.3. The predicted molar refractivity (Wildman–Crippen MR) is 85.4 cm³/mol. The molecule has 4 nitrogen and oxygen atoms in total. The van der Waals surface area contributed by atoms with E-state index in [2.05, 4.69) is 10.2 Å². The molecule has 3 aromatic carbocycles. The first-order valence-corrected chi connectivity index (χ1v) is 6.64. The van der Waals surface area contributed by atoms with Gasteiger partial charge >= 0.3 is 0 Å². The van der Waals surface area contributed by atoms with E-state index in [-0.39, 0.29) is 5.75 Å². The van der Waals surface area contributed by atoms with Gasteiger partial charge in [-0.3, -0.25) is 0 Å². The zero-order chi connectivity index (χ0) is 14.8. The second-order valence-electron chi connectivity index (χ2n) is 4.90. The van der Waals surface area contributed by atoms with Gasteiger partial charge < -0.3 is 10.8 Å². The predicted octanol–water partition coefficient (Wildman–Crippen LogP) is 4.85. The number of nitrogens with two attached hydrogens (primary N) is 1. The smallest absolute Gasteiger partial charge is 0.143 e. The Labute approximate surface area is 122 Å². The highest BCUT2D eigenvalue weighted by Crippen LogP contribution is 2.37. The molecule has 0 unspecified atom stereocenters. The summed E-state index contributed by atoms with van der Waals surface area (Å²) in [7, 11) is 0. The van der Waals surface area contributed by atoms with Crippen LogP contribution in [0.5, 0.6) is 5.75 Å². The summed E-state index contributed by atoms with van der Waals surface area (Å²) in [6, 6.07) is 16.6. The van der Waals surface area contributed by atoms with Crippen LogP contribution in [0.4, 0.5) is 17.1 Å². The van der Waals surface area contributed by atoms with Crippen LogP contribution in [-0.2, 0) is 0 Å². The van der Waals surface area contributed by atoms with Crippen molar-refractivity contribution >= 4 is 27.8 Å². The van der Waals surface area contributed by atoms with Crippen molar-refractivity contribution in [3.63, 3.8) is 0 Å². The van der Waals surface area contributed by atoms with Gasteiger partial charge in [-0.1, -0.05) is 24.3 Å². The topological polar surface area (TPSA) is 71.0 Å². The van der Waals surface area contributed by atoms with Gasteiger partial charge in [-0.2, -0.15) is 5.11 Å². The Balaban J connectivity index is 2.11. The van der Waals surface area contributed by atoms with Crippen LogP contribution in [0.25, 0.3) is 10.8 Å². The van der Waals surface area contributed by atoms with Crippen molar-refractivity contribution < 1.29 is 5.11 Å². The fourth-order valence-corrected chi connectivity index (χ4v) is 2.28. The molecule has 21 heavy (non-hydrogen) atoms. The van der Waals surface area contributed by atoms with Crippen molar-refractivity contribution in [3.8, 4) is 5.75 Å². The van der Waals surface area contributed by atoms with Crippen molar-refractivity contribution in [2.24, 2.45) is 10.2 Å². The zero-order valence-electron chi connectivity index (χ0n) is 11.6. The molecule has 104 valence electrons. The van der Waals surface area contributed by atoms with Crippen LogP contribution in [0.3, 0.4) is 0 Å². The van der Waals surface area contributed by atoms with E-state index in [0.717, 1.165) is 16.3 Å². The number of nitrogens with zero attached hydrogens (tertiary/aromatic N) is 2. The minimum absolute atomic E-state index is 0.121. The van der Waals surface area contributed by atoms with E-state index in [4.69, 9.17) is 5.73 Å². The monoisotopic (exact) mass is 277 g/mol. The summed E-state index contributed by atoms with van der Waals surface area (Å²) in [5, 5.41) is 20.4. The van der Waals surface area contributed by atoms with Crippen LogP contribution in [-0.4, -0.2) is 5.11 Å². The first-order chi connectivity index (χ1) is 10.1. The summed E-state index contributed by atoms with van der Waals surface area (Å²) in [5.41, 5.74) is 8.55. The molecular weight excluding hydrogens is 262 g/mol. The Kier molecular flexibility index (Phi) is 3.28. The lowest BCUT2D eigenvalue weighted by Crippen LogP contribution is -1.81. The lowest BCUT2D eigenvalue weighted by molar-refractivity contribution is 0.477. The Morgan fingerprint density at radius 1 is 0.905 bits per heavy atom. The Hall–Kier alpha value is -2.88. The van der Waals surface area contributed by atoms with E-state index >= 15 is 0 Å². The number of hydrogen-bond acceptors (Lipinski definition) is 4. The molecule has 3 aromatic rings. The van der Waals surface area contributed by atoms with Gasteiger partial charge in [0.2, 0.25) is 0 Å². The van der Waals surface area contributed by atoms with E-state index in [1.54, 1.807) is 30.3 Å². The number of aryl methyl sites for hydroxylation is 1. The molecule has 0 aromatic heterocycles. The number of hydrogen-bond donors (Lipinski definition) is 2. The van der Waals surface area contributed by atoms with Gasteiger partial charge in [-0.15, -0.1) is 5.11 Å². The second-order valence-corrected chi connectivity index (χ2v) is 4.90. The van der Waals surface area contributed by atoms with Crippen molar-refractivity contribution in [1.29, 1.82) is 0 Å². The molecule has 4 heteroatoms. The number of anilines is 1. The van der Waals surface area contributed by atoms with Gasteiger partial charge in [0, 0.05) is 11.1 Å². The van der Waals surface area contributed by atoms with E-state index in [1.807, 2.05) is 31.2 Å². The first-order valence-electron chi connectivity index (χ1n) is 6.64. The molecule has 3 N–H and O–H groups in total. The molecule has 0 aliphatic heterocycles. The van der Waals surface area contributed by atoms with Crippen molar-refractivity contribution in [3.05, 3.63) is 60.2 Å². The molecular formula is C17H15N3O. The number of phenolic OH excluding ortho intramolecular Hbond substituents is 1. The maximum absolute atomic E-state index is 10.1. The van der Waals surface area contributed by atoms with E-state index < -0.39 is 0 Å². The summed E-state index contributed by atoms with van der Waals surface area (Å²) in [4.78, 5) is 0. The fraction of sp³-hybridized carbons (Fsp3) is 0.0588. The number of benzene rings is 3. The summed E-state index contributed by atoms with van der Waals surface area (Å²) in [6.45, 7) is 1.99. The molecule has 0 spiro atoms. The number of nitrogen functional groups attached to an aromatic ring is 1. The third kappa shape index (κ3) is 2.56. The molecule has 0 radical (unpaired) electrons. The van der Waals surface area contributed by atoms with Gasteiger partial charge in [0.15, 0.2) is 0 Å². The molecule has 0 fully saturated rings. The number of azo groups is 1. The summed E-state index contributed by atoms with van der Waals surface area (Å²) >= 11 is 0. The molecule has 0 saturated carbocycles. The maximum Gasteiger partial charge on any atom is 0.143 e. The lowest BCUT2D eigenvalue weighted by atomic mass is 10.0. The Morgan fingerprint density at radius 3 is 2.43 bits per heavy atom. The van der Waals surface area contributed by atoms with Crippen molar-refractivity contribution in [2.45, 2.75) is 6.92 Å². The van der Waals surface area contributed by atoms with Crippen LogP contribution < -0.4 is 5.73 Å². The molecule has 0 heterocycles. The Morgan fingerprint density at radius 2 is 1.67 bits per heavy atom. The molecule has 0 amide bonds. The van der Waals surface area contributed by atoms with Crippen LogP contribution in [0.1, 0.15) is 5.56 Å². The van der Waals surface area contributed by atoms with Gasteiger partial charge in [0.1, 0.15) is 11.4 Å². The van der Waals surface area contributed by atoms with Gasteiger partial charge in [-0.05, 0) is 48.2 Å². The van der Waals surface area contributed by atoms with E-state index in [1.165, 1.54) is 0 Å². The van der Waals surface area contributed by atoms with Crippen molar-refractivity contribution in [1.82, 2.24) is 0 Å². The average molecular weight is 277 g/mol. The quantitative estimate of drug-likeness (QED) is 0.519. The van der Waals surface area contributed by atoms with Crippen LogP contribution in [0.2, 0.25) is 0 Å². The minimum Gasteiger partial charge on any atom is -0.506 e. The van der Waals surface area contributed by atoms with Crippen molar-refractivity contribution in [2.75, 3.05) is 5.73 Å². The lowest BCUT2D eigenvalue weighted by Gasteiger charge is -2.06. The van der Waals surface area contributed by atoms with Gasteiger partial charge in [0.25, 0.3) is 0 Å². The average Bonchev–Trinajstić information content (AvgIpc) is 2.48. The van der Waals surface area contributed by atoms with Gasteiger partial charge in [-0.25, -0.2) is 0 Å². The zero-order valence-corrected chi connectivity index (χ0v) is 11.6. The fourth-order valence-electron chi connectivity index (χ4n) is 2.28. The molecule has 0 aliphatic rings. The van der Waals surface area contributed by atoms with E-state index in [9.17, 15) is 5.11 Å². The largest absolute Gasteiger partial charge is 0.506 e. The highest BCUT2D eigenvalue weighted by molar-refractivity contribution is 5.97. The van der Waals surface area contributed by atoms with Crippen LogP contribution >= 0.6 is 0 Å². The van der Waals surface area contributed by atoms with Gasteiger partial charge in [0.05, 0.1) is 5.69 Å². The second kappa shape index (κ2) is 5.25. The molecule has 0 atom stereocenters. The molecule has 0 aliphatic carbocycles. The van der Waals surface area contributed by atoms with E-state index in [0.29, 0.717) is 17.1 Å². The SMILES string of the molecule is Cc1cccc2ccc(O)c(N=Nc3ccc(N)cc3)c12. The summed E-state index contributed by atoms with van der Waals surface area (Å²) in [6.07, 6.45) is 0. The Bertz CT molecular complexity index is 823. The molecule has 3 rings (SSSR count). The third-order valence-corrected chi connectivity index (χ3v) is 3.36. The normalized spacial score (nSPS) is 11.3.